The van der Waals surface area contributed by atoms with E-state index in [0.29, 0.717) is 5.11 Å². The number of anilines is 1. The Labute approximate surface area is 125 Å². The second-order valence-electron chi connectivity index (χ2n) is 5.22. The molecule has 1 rings (SSSR count). The molecule has 0 heterocycles. The van der Waals surface area contributed by atoms with Crippen molar-refractivity contribution in [3.8, 4) is 0 Å². The van der Waals surface area contributed by atoms with Crippen molar-refractivity contribution in [2.24, 2.45) is 0 Å². The molecule has 1 aromatic carbocycles. The first-order valence-electron chi connectivity index (χ1n) is 6.45. The number of hydrogen-bond donors (Lipinski definition) is 3. The molecule has 0 unspecified atom stereocenters. The molecule has 3 N–H and O–H groups in total. The highest BCUT2D eigenvalue weighted by Crippen LogP contribution is 2.14. The summed E-state index contributed by atoms with van der Waals surface area (Å²) < 4.78 is 5.08. The highest BCUT2D eigenvalue weighted by Gasteiger charge is 2.15. The average Bonchev–Trinajstić information content (AvgIpc) is 2.35. The quantitative estimate of drug-likeness (QED) is 0.578. The Balaban J connectivity index is 2.46. The van der Waals surface area contributed by atoms with Crippen LogP contribution in [0.15, 0.2) is 24.3 Å². The zero-order chi connectivity index (χ0) is 15.2. The number of para-hydroxylation sites is 1. The van der Waals surface area contributed by atoms with Crippen molar-refractivity contribution in [2.75, 3.05) is 5.32 Å². The van der Waals surface area contributed by atoms with Gasteiger partial charge >= 0.3 is 6.09 Å². The maximum atomic E-state index is 11.5. The molecule has 0 saturated carbocycles. The number of nitrogens with one attached hydrogen (secondary N) is 3. The summed E-state index contributed by atoms with van der Waals surface area (Å²) >= 11 is 5.11. The number of rotatable bonds is 2. The highest BCUT2D eigenvalue weighted by molar-refractivity contribution is 7.80. The summed E-state index contributed by atoms with van der Waals surface area (Å²) in [6, 6.07) is 7.84. The molecule has 5 nitrogen and oxygen atoms in total. The molecule has 0 radical (unpaired) electrons. The number of thiocarbonyl (C=S) groups is 1. The molecule has 0 saturated heterocycles. The van der Waals surface area contributed by atoms with Gasteiger partial charge in [-0.05, 0) is 51.0 Å². The Bertz CT molecular complexity index is 484. The molecular formula is C14H21N3O2S. The summed E-state index contributed by atoms with van der Waals surface area (Å²) in [6.45, 7) is 7.44. The van der Waals surface area contributed by atoms with Gasteiger partial charge in [0.1, 0.15) is 5.60 Å². The van der Waals surface area contributed by atoms with Crippen molar-refractivity contribution in [1.82, 2.24) is 10.9 Å². The van der Waals surface area contributed by atoms with Crippen LogP contribution < -0.4 is 16.2 Å². The van der Waals surface area contributed by atoms with Crippen LogP contribution in [0.3, 0.4) is 0 Å². The van der Waals surface area contributed by atoms with Gasteiger partial charge in [0, 0.05) is 5.69 Å². The van der Waals surface area contributed by atoms with E-state index in [4.69, 9.17) is 17.0 Å². The minimum atomic E-state index is -0.578. The van der Waals surface area contributed by atoms with Crippen molar-refractivity contribution in [3.05, 3.63) is 29.8 Å². The number of aryl methyl sites for hydroxylation is 1. The SMILES string of the molecule is CCc1ccccc1NC(=S)NNC(=O)OC(C)(C)C. The summed E-state index contributed by atoms with van der Waals surface area (Å²) in [7, 11) is 0. The van der Waals surface area contributed by atoms with E-state index < -0.39 is 11.7 Å². The minimum absolute atomic E-state index is 0.303. The molecule has 0 atom stereocenters. The molecule has 0 aromatic heterocycles. The highest BCUT2D eigenvalue weighted by atomic mass is 32.1. The Morgan fingerprint density at radius 3 is 2.50 bits per heavy atom. The van der Waals surface area contributed by atoms with E-state index in [2.05, 4.69) is 23.1 Å². The van der Waals surface area contributed by atoms with E-state index >= 15 is 0 Å². The fourth-order valence-corrected chi connectivity index (χ4v) is 1.68. The van der Waals surface area contributed by atoms with Gasteiger partial charge in [-0.1, -0.05) is 25.1 Å². The molecule has 0 aliphatic carbocycles. The smallest absolute Gasteiger partial charge is 0.426 e. The van der Waals surface area contributed by atoms with Gasteiger partial charge in [-0.25, -0.2) is 10.2 Å². The Hall–Kier alpha value is -1.82. The lowest BCUT2D eigenvalue weighted by atomic mass is 10.1. The van der Waals surface area contributed by atoms with E-state index in [1.807, 2.05) is 24.3 Å². The van der Waals surface area contributed by atoms with Crippen molar-refractivity contribution >= 4 is 29.1 Å². The molecule has 0 aliphatic rings. The second kappa shape index (κ2) is 7.09. The van der Waals surface area contributed by atoms with Gasteiger partial charge in [0.15, 0.2) is 5.11 Å². The number of carbonyl (C=O) groups excluding carboxylic acids is 1. The average molecular weight is 295 g/mol. The van der Waals surface area contributed by atoms with Gasteiger partial charge in [0.2, 0.25) is 0 Å². The maximum Gasteiger partial charge on any atom is 0.426 e. The standard InChI is InChI=1S/C14H21N3O2S/c1-5-10-8-6-7-9-11(10)15-12(20)16-17-13(18)19-14(2,3)4/h6-9H,5H2,1-4H3,(H,17,18)(H2,15,16,20). The normalized spacial score (nSPS) is 10.6. The molecule has 0 aliphatic heterocycles. The van der Waals surface area contributed by atoms with E-state index in [0.717, 1.165) is 17.7 Å². The Morgan fingerprint density at radius 1 is 1.25 bits per heavy atom. The fourth-order valence-electron chi connectivity index (χ4n) is 1.52. The van der Waals surface area contributed by atoms with Gasteiger partial charge in [-0.15, -0.1) is 0 Å². The van der Waals surface area contributed by atoms with Crippen molar-refractivity contribution in [2.45, 2.75) is 39.7 Å². The molecule has 0 fully saturated rings. The van der Waals surface area contributed by atoms with Crippen molar-refractivity contribution < 1.29 is 9.53 Å². The first-order chi connectivity index (χ1) is 9.31. The second-order valence-corrected chi connectivity index (χ2v) is 5.62. The maximum absolute atomic E-state index is 11.5. The largest absolute Gasteiger partial charge is 0.443 e. The predicted molar refractivity (Wildman–Crippen MR) is 84.5 cm³/mol. The van der Waals surface area contributed by atoms with Crippen LogP contribution in [0, 0.1) is 0 Å². The lowest BCUT2D eigenvalue weighted by Gasteiger charge is -2.20. The first kappa shape index (κ1) is 16.2. The van der Waals surface area contributed by atoms with E-state index in [1.165, 1.54) is 0 Å². The predicted octanol–water partition coefficient (Wildman–Crippen LogP) is 2.98. The molecule has 6 heteroatoms. The third-order valence-corrected chi connectivity index (χ3v) is 2.53. The van der Waals surface area contributed by atoms with Crippen LogP contribution in [-0.4, -0.2) is 16.8 Å². The Kier molecular flexibility index (Phi) is 5.76. The van der Waals surface area contributed by atoms with Crippen LogP contribution >= 0.6 is 12.2 Å². The molecule has 0 spiro atoms. The van der Waals surface area contributed by atoms with E-state index in [9.17, 15) is 4.79 Å². The Morgan fingerprint density at radius 2 is 1.90 bits per heavy atom. The third kappa shape index (κ3) is 5.88. The summed E-state index contributed by atoms with van der Waals surface area (Å²) in [6.07, 6.45) is 0.316. The summed E-state index contributed by atoms with van der Waals surface area (Å²) in [5.41, 5.74) is 6.50. The van der Waals surface area contributed by atoms with E-state index in [1.54, 1.807) is 20.8 Å². The number of hydrogen-bond acceptors (Lipinski definition) is 3. The summed E-state index contributed by atoms with van der Waals surface area (Å²) in [5.74, 6) is 0. The number of benzene rings is 1. The fraction of sp³-hybridized carbons (Fsp3) is 0.429. The molecule has 20 heavy (non-hydrogen) atoms. The van der Waals surface area contributed by atoms with Crippen LogP contribution in [0.1, 0.15) is 33.3 Å². The minimum Gasteiger partial charge on any atom is -0.443 e. The monoisotopic (exact) mass is 295 g/mol. The molecule has 110 valence electrons. The lowest BCUT2D eigenvalue weighted by Crippen LogP contribution is -2.46. The van der Waals surface area contributed by atoms with Crippen molar-refractivity contribution in [1.29, 1.82) is 0 Å². The van der Waals surface area contributed by atoms with Gasteiger partial charge in [0.05, 0.1) is 0 Å². The van der Waals surface area contributed by atoms with Crippen LogP contribution in [0.5, 0.6) is 0 Å². The van der Waals surface area contributed by atoms with Gasteiger partial charge in [0.25, 0.3) is 0 Å². The number of ether oxygens (including phenoxy) is 1. The van der Waals surface area contributed by atoms with Crippen molar-refractivity contribution in [3.63, 3.8) is 0 Å². The molecule has 1 aromatic rings. The van der Waals surface area contributed by atoms with Crippen LogP contribution in [0.4, 0.5) is 10.5 Å². The topological polar surface area (TPSA) is 62.4 Å². The third-order valence-electron chi connectivity index (χ3n) is 2.32. The molecule has 0 bridgehead atoms. The summed E-state index contributed by atoms with van der Waals surface area (Å²) in [4.78, 5) is 11.5. The van der Waals surface area contributed by atoms with Gasteiger partial charge in [-0.3, -0.25) is 5.43 Å². The number of carbonyl (C=O) groups is 1. The van der Waals surface area contributed by atoms with Gasteiger partial charge < -0.3 is 10.1 Å². The molecule has 1 amide bonds. The first-order valence-corrected chi connectivity index (χ1v) is 6.86. The van der Waals surface area contributed by atoms with E-state index in [-0.39, 0.29) is 0 Å². The van der Waals surface area contributed by atoms with Gasteiger partial charge in [-0.2, -0.15) is 0 Å². The summed E-state index contributed by atoms with van der Waals surface area (Å²) in [5, 5.41) is 3.33. The molecular weight excluding hydrogens is 274 g/mol. The lowest BCUT2D eigenvalue weighted by molar-refractivity contribution is 0.0513. The number of hydrazine groups is 1. The van der Waals surface area contributed by atoms with Crippen LogP contribution in [0.25, 0.3) is 0 Å². The van der Waals surface area contributed by atoms with Crippen LogP contribution in [0.2, 0.25) is 0 Å². The number of amides is 1. The zero-order valence-corrected chi connectivity index (χ0v) is 13.1. The zero-order valence-electron chi connectivity index (χ0n) is 12.2. The van der Waals surface area contributed by atoms with Crippen LogP contribution in [-0.2, 0) is 11.2 Å².